The maximum absolute atomic E-state index is 14.6. The molecule has 3 aromatic carbocycles. The molecule has 1 aliphatic rings. The number of aromatic nitrogens is 3. The van der Waals surface area contributed by atoms with Gasteiger partial charge in [0.25, 0.3) is 0 Å². The van der Waals surface area contributed by atoms with Gasteiger partial charge in [-0.05, 0) is 73.7 Å². The molecule has 1 aliphatic heterocycles. The number of aliphatic hydroxyl groups excluding tert-OH is 1. The monoisotopic (exact) mass is 1810 g/mol. The van der Waals surface area contributed by atoms with Crippen LogP contribution in [-0.4, -0.2) is 291 Å². The van der Waals surface area contributed by atoms with Gasteiger partial charge in [-0.15, -0.1) is 0 Å². The zero-order valence-electron chi connectivity index (χ0n) is 66.5. The predicted molar refractivity (Wildman–Crippen MR) is 450 cm³/mol. The first-order valence-electron chi connectivity index (χ1n) is 38.2. The molecular formula is C75H99N21O24S4. The van der Waals surface area contributed by atoms with Crippen LogP contribution in [0, 0.1) is 0 Å². The predicted octanol–water partition coefficient (Wildman–Crippen LogP) is -8.63. The Morgan fingerprint density at radius 1 is 0.460 bits per heavy atom. The zero-order valence-corrected chi connectivity index (χ0v) is 70.1. The number of aliphatic carboxylic acids is 2. The molecule has 15 atom stereocenters. The lowest BCUT2D eigenvalue weighted by molar-refractivity contribution is -0.143. The molecular weight excluding hydrogens is 1710 g/mol. The first-order valence-corrected chi connectivity index (χ1v) is 40.7. The number of carboxylic acids is 2. The molecule has 1 saturated heterocycles. The molecule has 0 bridgehead atoms. The molecule has 0 spiro atoms. The molecule has 27 N–H and O–H groups in total. The number of likely N-dealkylation sites (tertiary alicyclic amines) is 1. The number of aliphatic hydroxyl groups is 1. The number of phenolic OH excluding ortho intramolecular Hbond substituents is 2. The summed E-state index contributed by atoms with van der Waals surface area (Å²) in [5.74, 6) is -23.7. The Hall–Kier alpha value is -12.7. The molecule has 49 heteroatoms. The first-order chi connectivity index (χ1) is 58.8. The maximum atomic E-state index is 14.6. The molecule has 6 rings (SSSR count). The summed E-state index contributed by atoms with van der Waals surface area (Å²) in [4.78, 5) is 269. The number of para-hydroxylation sites is 1. The van der Waals surface area contributed by atoms with Gasteiger partial charge in [0.05, 0.1) is 38.7 Å². The molecule has 124 heavy (non-hydrogen) atoms. The smallest absolute Gasteiger partial charge is 0.327 e. The van der Waals surface area contributed by atoms with E-state index in [9.17, 15) is 117 Å². The summed E-state index contributed by atoms with van der Waals surface area (Å²) in [6, 6.07) is -7.96. The number of carbonyl (C=O) groups is 19. The van der Waals surface area contributed by atoms with E-state index in [1.165, 1.54) is 74.2 Å². The van der Waals surface area contributed by atoms with Crippen LogP contribution in [0.2, 0.25) is 0 Å². The van der Waals surface area contributed by atoms with E-state index in [0.717, 1.165) is 11.8 Å². The van der Waals surface area contributed by atoms with Crippen LogP contribution >= 0.6 is 50.5 Å². The molecule has 5 aromatic rings. The van der Waals surface area contributed by atoms with Crippen molar-refractivity contribution in [2.24, 2.45) is 17.2 Å². The van der Waals surface area contributed by atoms with Crippen LogP contribution in [0.5, 0.6) is 11.5 Å². The summed E-state index contributed by atoms with van der Waals surface area (Å²) < 4.78 is 0. The average Bonchev–Trinajstić information content (AvgIpc) is 1.66. The van der Waals surface area contributed by atoms with Crippen molar-refractivity contribution in [1.29, 1.82) is 0 Å². The van der Waals surface area contributed by atoms with Crippen LogP contribution in [0.25, 0.3) is 10.9 Å². The molecule has 17 amide bonds. The number of fused-ring (bicyclic) bond motifs is 1. The number of H-pyrrole nitrogens is 2. The summed E-state index contributed by atoms with van der Waals surface area (Å²) in [5.41, 5.74) is 18.2. The summed E-state index contributed by atoms with van der Waals surface area (Å²) in [6.45, 7) is 0.806. The van der Waals surface area contributed by atoms with Gasteiger partial charge in [-0.1, -0.05) is 42.5 Å². The molecule has 0 aliphatic carbocycles. The molecule has 1 fully saturated rings. The Morgan fingerprint density at radius 3 is 1.31 bits per heavy atom. The molecule has 0 radical (unpaired) electrons. The van der Waals surface area contributed by atoms with Gasteiger partial charge in [-0.2, -0.15) is 50.5 Å². The minimum absolute atomic E-state index is 0.0397. The number of amides is 17. The Kier molecular flexibility index (Phi) is 39.4. The van der Waals surface area contributed by atoms with Gasteiger partial charge in [0.2, 0.25) is 100 Å². The number of hydrogen-bond acceptors (Lipinski definition) is 28. The van der Waals surface area contributed by atoms with Crippen molar-refractivity contribution in [1.82, 2.24) is 94.3 Å². The van der Waals surface area contributed by atoms with E-state index in [2.05, 4.69) is 140 Å². The third-order valence-corrected chi connectivity index (χ3v) is 20.5. The maximum Gasteiger partial charge on any atom is 0.327 e. The van der Waals surface area contributed by atoms with E-state index >= 15 is 0 Å². The fourth-order valence-corrected chi connectivity index (χ4v) is 13.4. The molecule has 672 valence electrons. The van der Waals surface area contributed by atoms with E-state index in [0.29, 0.717) is 33.3 Å². The highest BCUT2D eigenvalue weighted by Crippen LogP contribution is 2.23. The van der Waals surface area contributed by atoms with E-state index in [1.807, 2.05) is 0 Å². The van der Waals surface area contributed by atoms with Crippen molar-refractivity contribution < 1.29 is 117 Å². The van der Waals surface area contributed by atoms with Crippen molar-refractivity contribution in [3.05, 3.63) is 114 Å². The summed E-state index contributed by atoms with van der Waals surface area (Å²) >= 11 is 16.4. The quantitative estimate of drug-likeness (QED) is 0.0161. The van der Waals surface area contributed by atoms with Crippen molar-refractivity contribution in [3.63, 3.8) is 0 Å². The molecule has 0 saturated carbocycles. The number of phenols is 2. The van der Waals surface area contributed by atoms with E-state index < -0.39 is 253 Å². The molecule has 2 aromatic heterocycles. The SMILES string of the molecule is C[C@H](NC(=O)[C@H](Cc1ccc(O)cc1)NC(=O)[C@H](CS)NC(=O)[C@H](C)NC(=O)[C@@H]1CCCN1C(=O)[C@H](Cc1cnc[nH]1)NC(=O)[C@H](CO)NC(=O)[C@H](CS)NC(=O)[C@H](CS)NC(=O)CN)C(=O)N[C@@H](CC(N)=O)C(=O)N[C@@H](CC(N)=O)C(=O)N[C@@H](Cc1c[nH]c2ccccc12)C(=O)N[C@@H](CC(=O)O)C(=O)N[C@@H](Cc1ccc(O)cc1)C(=O)N[C@@H](CS)C(=O)O. The number of thiol groups is 4. The Bertz CT molecular complexity index is 4680. The third-order valence-electron chi connectivity index (χ3n) is 19.0. The van der Waals surface area contributed by atoms with Gasteiger partial charge >= 0.3 is 11.9 Å². The lowest BCUT2D eigenvalue weighted by Crippen LogP contribution is -2.61. The van der Waals surface area contributed by atoms with E-state index in [-0.39, 0.29) is 61.7 Å². The number of nitrogens with zero attached hydrogens (tertiary/aromatic N) is 2. The van der Waals surface area contributed by atoms with Crippen LogP contribution in [0.1, 0.15) is 68.3 Å². The van der Waals surface area contributed by atoms with Crippen molar-refractivity contribution in [2.75, 3.05) is 42.7 Å². The number of rotatable bonds is 49. The standard InChI is InChI=1S/C75H99N21O24S4/c1-34(61(105)85-47(22-57(77)100)66(110)89-48(23-58(78)101)67(111)88-46(20-38-26-80-43-7-4-3-6-42(38)43)65(109)90-49(24-60(103)104)68(112)86-45(19-37-11-15-41(99)16-12-37)64(108)95-55(32-124)75(119)120)82-63(107)44(18-36-9-13-40(98)14-10-36)87-71(115)53(30-122)93-62(106)35(2)83-73(117)56-8-5-17-96(56)74(118)50(21-39-27-79-33-81-39)91-69(113)51(28-97)92-72(116)54(31-123)94-70(114)52(29-121)84-59(102)25-76/h3-4,6-7,9-16,26-27,33-35,44-56,80,97-99,121-124H,5,8,17-25,28-32,76H2,1-2H3,(H2,77,100)(H2,78,101)(H,79,81)(H,82,107)(H,83,117)(H,84,102)(H,85,105)(H,86,112)(H,87,115)(H,88,111)(H,89,110)(H,90,109)(H,91,113)(H,92,116)(H,93,106)(H,94,114)(H,95,108)(H,103,104)(H,119,120)/t34-,35-,44-,45-,46-,47-,48-,49-,50-,51-,52-,53-,54-,55-,56-/m0/s1. The Balaban J connectivity index is 1.14. The normalized spacial score (nSPS) is 15.7. The van der Waals surface area contributed by atoms with Crippen LogP contribution < -0.4 is 91.6 Å². The second kappa shape index (κ2) is 48.8. The molecule has 3 heterocycles. The van der Waals surface area contributed by atoms with Crippen LogP contribution in [0.15, 0.2) is 91.5 Å². The van der Waals surface area contributed by atoms with Gasteiger partial charge < -0.3 is 132 Å². The number of benzene rings is 3. The fourth-order valence-electron chi connectivity index (χ4n) is 12.4. The summed E-state index contributed by atoms with van der Waals surface area (Å²) in [7, 11) is 0. The largest absolute Gasteiger partial charge is 0.508 e. The number of aromatic hydroxyl groups is 2. The van der Waals surface area contributed by atoms with Gasteiger partial charge in [0, 0.05) is 84.2 Å². The van der Waals surface area contributed by atoms with E-state index in [1.54, 1.807) is 24.3 Å². The minimum Gasteiger partial charge on any atom is -0.508 e. The highest BCUT2D eigenvalue weighted by Gasteiger charge is 2.42. The fraction of sp³-hybridized carbons (Fsp3) is 0.440. The van der Waals surface area contributed by atoms with Gasteiger partial charge in [-0.25, -0.2) is 9.78 Å². The number of aromatic amines is 2. The summed E-state index contributed by atoms with van der Waals surface area (Å²) in [5, 5.41) is 83.4. The van der Waals surface area contributed by atoms with Crippen LogP contribution in [-0.2, 0) is 117 Å². The zero-order chi connectivity index (χ0) is 91.8. The van der Waals surface area contributed by atoms with Gasteiger partial charge in [0.1, 0.15) is 102 Å². The highest BCUT2D eigenvalue weighted by molar-refractivity contribution is 7.80. The number of hydrogen-bond donors (Lipinski definition) is 28. The highest BCUT2D eigenvalue weighted by atomic mass is 32.1. The van der Waals surface area contributed by atoms with E-state index in [4.69, 9.17) is 17.2 Å². The number of carboxylic acid groups (broad SMARTS) is 2. The third kappa shape index (κ3) is 30.7. The lowest BCUT2D eigenvalue weighted by atomic mass is 10.0. The topological polar surface area (TPSA) is 720 Å². The average molecular weight is 1810 g/mol. The number of carbonyl (C=O) groups excluding carboxylic acids is 17. The molecule has 45 nitrogen and oxygen atoms in total. The van der Waals surface area contributed by atoms with Crippen molar-refractivity contribution in [2.45, 2.75) is 162 Å². The first kappa shape index (κ1) is 100. The molecule has 0 unspecified atom stereocenters. The number of nitrogens with two attached hydrogens (primary N) is 3. The minimum atomic E-state index is -2.10. The van der Waals surface area contributed by atoms with Crippen LogP contribution in [0.4, 0.5) is 0 Å². The number of nitrogens with one attached hydrogen (secondary N) is 16. The van der Waals surface area contributed by atoms with Gasteiger partial charge in [0.15, 0.2) is 0 Å². The lowest BCUT2D eigenvalue weighted by Gasteiger charge is -2.30. The van der Waals surface area contributed by atoms with Crippen LogP contribution in [0.3, 0.4) is 0 Å². The second-order valence-corrected chi connectivity index (χ2v) is 29.9. The number of imidazole rings is 1. The van der Waals surface area contributed by atoms with Crippen molar-refractivity contribution in [3.8, 4) is 11.5 Å². The Morgan fingerprint density at radius 2 is 0.855 bits per heavy atom. The number of primary amides is 2. The van der Waals surface area contributed by atoms with Crippen molar-refractivity contribution >= 4 is 174 Å². The van der Waals surface area contributed by atoms with Gasteiger partial charge in [-0.3, -0.25) is 86.3 Å². The second-order valence-electron chi connectivity index (χ2n) is 28.4. The Labute approximate surface area is 728 Å². The summed E-state index contributed by atoms with van der Waals surface area (Å²) in [6.07, 6.45) is -0.458.